The molecule has 0 aliphatic carbocycles. The molecule has 3 nitrogen and oxygen atoms in total. The van der Waals surface area contributed by atoms with Crippen LogP contribution >= 0.6 is 0 Å². The van der Waals surface area contributed by atoms with Crippen LogP contribution in [0.15, 0.2) is 24.3 Å². The van der Waals surface area contributed by atoms with E-state index in [0.29, 0.717) is 11.4 Å². The van der Waals surface area contributed by atoms with Crippen molar-refractivity contribution in [3.05, 3.63) is 29.2 Å². The zero-order valence-corrected chi connectivity index (χ0v) is 5.74. The average molecular weight is 137 g/mol. The van der Waals surface area contributed by atoms with Crippen molar-refractivity contribution in [2.45, 2.75) is 0 Å². The molecule has 0 aliphatic heterocycles. The first kappa shape index (κ1) is 6.74. The van der Waals surface area contributed by atoms with Crippen molar-refractivity contribution in [2.75, 3.05) is 12.8 Å². The highest BCUT2D eigenvalue weighted by molar-refractivity contribution is 5.44. The van der Waals surface area contributed by atoms with Crippen LogP contribution in [0, 0.1) is 4.91 Å². The molecule has 52 valence electrons. The van der Waals surface area contributed by atoms with Gasteiger partial charge in [-0.25, -0.2) is 0 Å². The van der Waals surface area contributed by atoms with E-state index in [0.717, 1.165) is 4.76 Å². The summed E-state index contributed by atoms with van der Waals surface area (Å²) in [5.74, 6) is 0. The molecule has 1 rings (SSSR count). The minimum atomic E-state index is 0.620. The van der Waals surface area contributed by atoms with Crippen molar-refractivity contribution in [2.24, 2.45) is 0 Å². The third kappa shape index (κ3) is 1.31. The topological polar surface area (TPSA) is 46.1 Å². The molecular weight excluding hydrogens is 128 g/mol. The molecule has 0 bridgehead atoms. The van der Waals surface area contributed by atoms with Crippen molar-refractivity contribution in [3.8, 4) is 0 Å². The lowest BCUT2D eigenvalue weighted by atomic mass is 10.3. The first-order valence-electron chi connectivity index (χ1n) is 2.96. The first-order chi connectivity index (χ1) is 4.70. The van der Waals surface area contributed by atoms with E-state index in [1.165, 1.54) is 7.05 Å². The van der Waals surface area contributed by atoms with Gasteiger partial charge in [0.1, 0.15) is 0 Å². The highest BCUT2D eigenvalue weighted by atomic mass is 16.3. The van der Waals surface area contributed by atoms with Crippen molar-refractivity contribution in [1.82, 2.24) is 0 Å². The SMILES string of the molecule is C[N+](=O)c1ccc(N)cc1. The number of benzene rings is 1. The molecule has 0 unspecified atom stereocenters. The molecular formula is C7H9N2O+. The molecule has 0 atom stereocenters. The molecule has 0 aliphatic rings. The van der Waals surface area contributed by atoms with Crippen LogP contribution in [0.1, 0.15) is 0 Å². The zero-order chi connectivity index (χ0) is 7.56. The second-order valence-corrected chi connectivity index (χ2v) is 2.09. The van der Waals surface area contributed by atoms with E-state index in [1.807, 2.05) is 0 Å². The van der Waals surface area contributed by atoms with Crippen molar-refractivity contribution < 1.29 is 4.76 Å². The van der Waals surface area contributed by atoms with E-state index in [4.69, 9.17) is 5.73 Å². The maximum Gasteiger partial charge on any atom is 0.255 e. The Bertz CT molecular complexity index is 240. The average Bonchev–Trinajstić information content (AvgIpc) is 1.88. The number of hydrogen-bond acceptors (Lipinski definition) is 2. The lowest BCUT2D eigenvalue weighted by Crippen LogP contribution is -1.90. The Hall–Kier alpha value is -1.38. The fraction of sp³-hybridized carbons (Fsp3) is 0.143. The monoisotopic (exact) mass is 137 g/mol. The van der Waals surface area contributed by atoms with Gasteiger partial charge in [-0.05, 0) is 12.1 Å². The third-order valence-electron chi connectivity index (χ3n) is 1.26. The standard InChI is InChI=1S/C7H9N2O/c1-9(10)7-4-2-6(8)3-5-7/h2-5H,8H2,1H3/q+1. The quantitative estimate of drug-likeness (QED) is 0.468. The molecule has 0 radical (unpaired) electrons. The summed E-state index contributed by atoms with van der Waals surface area (Å²) in [6.45, 7) is 0. The van der Waals surface area contributed by atoms with E-state index in [-0.39, 0.29) is 0 Å². The van der Waals surface area contributed by atoms with Crippen molar-refractivity contribution in [3.63, 3.8) is 0 Å². The van der Waals surface area contributed by atoms with Gasteiger partial charge in [-0.15, -0.1) is 0 Å². The van der Waals surface area contributed by atoms with Crippen LogP contribution in [-0.2, 0) is 0 Å². The van der Waals surface area contributed by atoms with E-state index in [2.05, 4.69) is 0 Å². The fourth-order valence-electron chi connectivity index (χ4n) is 0.684. The fourth-order valence-corrected chi connectivity index (χ4v) is 0.684. The molecule has 1 aromatic rings. The minimum Gasteiger partial charge on any atom is -0.399 e. The summed E-state index contributed by atoms with van der Waals surface area (Å²) in [6, 6.07) is 6.76. The molecule has 0 fully saturated rings. The van der Waals surface area contributed by atoms with Crippen LogP contribution in [0.4, 0.5) is 11.4 Å². The highest BCUT2D eigenvalue weighted by Gasteiger charge is 2.02. The number of nitrogen functional groups attached to an aromatic ring is 1. The zero-order valence-electron chi connectivity index (χ0n) is 5.74. The second kappa shape index (κ2) is 2.47. The summed E-state index contributed by atoms with van der Waals surface area (Å²) >= 11 is 0. The van der Waals surface area contributed by atoms with Gasteiger partial charge in [0.05, 0.1) is 0 Å². The van der Waals surface area contributed by atoms with Gasteiger partial charge in [0, 0.05) is 27.5 Å². The smallest absolute Gasteiger partial charge is 0.255 e. The lowest BCUT2D eigenvalue weighted by molar-refractivity contribution is -0.428. The second-order valence-electron chi connectivity index (χ2n) is 2.09. The Balaban J connectivity index is 3.00. The molecule has 3 heteroatoms. The number of anilines is 1. The van der Waals surface area contributed by atoms with Gasteiger partial charge < -0.3 is 5.73 Å². The molecule has 0 aromatic heterocycles. The predicted molar refractivity (Wildman–Crippen MR) is 40.1 cm³/mol. The van der Waals surface area contributed by atoms with Gasteiger partial charge in [-0.2, -0.15) is 0 Å². The number of hydrogen-bond donors (Lipinski definition) is 1. The summed E-state index contributed by atoms with van der Waals surface area (Å²) in [4.78, 5) is 10.6. The van der Waals surface area contributed by atoms with Gasteiger partial charge >= 0.3 is 0 Å². The highest BCUT2D eigenvalue weighted by Crippen LogP contribution is 2.11. The normalized spacial score (nSPS) is 9.30. The number of nitroso groups, excluding NO2 is 1. The maximum absolute atomic E-state index is 10.6. The van der Waals surface area contributed by atoms with E-state index in [1.54, 1.807) is 24.3 Å². The summed E-state index contributed by atoms with van der Waals surface area (Å²) in [6.07, 6.45) is 0. The molecule has 1 aromatic carbocycles. The Labute approximate surface area is 59.0 Å². The molecule has 0 amide bonds. The predicted octanol–water partition coefficient (Wildman–Crippen LogP) is 1.31. The first-order valence-corrected chi connectivity index (χ1v) is 2.96. The lowest BCUT2D eigenvalue weighted by Gasteiger charge is -1.88. The molecule has 10 heavy (non-hydrogen) atoms. The van der Waals surface area contributed by atoms with Crippen LogP contribution in [-0.4, -0.2) is 11.8 Å². The molecule has 0 saturated carbocycles. The van der Waals surface area contributed by atoms with Gasteiger partial charge in [0.25, 0.3) is 5.69 Å². The summed E-state index contributed by atoms with van der Waals surface area (Å²) in [5.41, 5.74) is 6.70. The molecule has 0 saturated heterocycles. The van der Waals surface area contributed by atoms with Gasteiger partial charge in [0.15, 0.2) is 7.05 Å². The van der Waals surface area contributed by atoms with Gasteiger partial charge in [-0.1, -0.05) is 0 Å². The van der Waals surface area contributed by atoms with Crippen LogP contribution in [0.25, 0.3) is 0 Å². The van der Waals surface area contributed by atoms with Crippen LogP contribution in [0.2, 0.25) is 0 Å². The number of nitrogens with zero attached hydrogens (tertiary/aromatic N) is 1. The minimum absolute atomic E-state index is 0.620. The summed E-state index contributed by atoms with van der Waals surface area (Å²) < 4.78 is 0.791. The van der Waals surface area contributed by atoms with Crippen LogP contribution in [0.5, 0.6) is 0 Å². The number of rotatable bonds is 1. The van der Waals surface area contributed by atoms with Gasteiger partial charge in [0.2, 0.25) is 0 Å². The van der Waals surface area contributed by atoms with E-state index in [9.17, 15) is 4.91 Å². The third-order valence-corrected chi connectivity index (χ3v) is 1.26. The van der Waals surface area contributed by atoms with Crippen LogP contribution < -0.4 is 5.73 Å². The Kier molecular flexibility index (Phi) is 1.67. The largest absolute Gasteiger partial charge is 0.399 e. The molecule has 0 heterocycles. The Morgan fingerprint density at radius 3 is 2.20 bits per heavy atom. The van der Waals surface area contributed by atoms with Crippen LogP contribution in [0.3, 0.4) is 0 Å². The summed E-state index contributed by atoms with van der Waals surface area (Å²) in [5, 5.41) is 0. The van der Waals surface area contributed by atoms with Gasteiger partial charge in [-0.3, -0.25) is 0 Å². The molecule has 2 N–H and O–H groups in total. The van der Waals surface area contributed by atoms with E-state index < -0.39 is 0 Å². The summed E-state index contributed by atoms with van der Waals surface area (Å²) in [7, 11) is 1.45. The van der Waals surface area contributed by atoms with Crippen molar-refractivity contribution in [1.29, 1.82) is 0 Å². The molecule has 0 spiro atoms. The van der Waals surface area contributed by atoms with Crippen molar-refractivity contribution >= 4 is 11.4 Å². The number of nitrogens with two attached hydrogens (primary N) is 1. The Morgan fingerprint density at radius 1 is 1.30 bits per heavy atom. The van der Waals surface area contributed by atoms with E-state index >= 15 is 0 Å². The Morgan fingerprint density at radius 2 is 1.80 bits per heavy atom. The maximum atomic E-state index is 10.6.